The van der Waals surface area contributed by atoms with Crippen molar-refractivity contribution in [3.8, 4) is 0 Å². The lowest BCUT2D eigenvalue weighted by Gasteiger charge is -2.28. The Hall–Kier alpha value is -2.79. The van der Waals surface area contributed by atoms with Crippen molar-refractivity contribution in [3.63, 3.8) is 0 Å². The summed E-state index contributed by atoms with van der Waals surface area (Å²) < 4.78 is 0. The first-order valence-corrected chi connectivity index (χ1v) is 10.5. The van der Waals surface area contributed by atoms with Crippen LogP contribution in [0.15, 0.2) is 82.8 Å². The second-order valence-electron chi connectivity index (χ2n) is 6.82. The van der Waals surface area contributed by atoms with Crippen molar-refractivity contribution in [2.24, 2.45) is 0 Å². The highest BCUT2D eigenvalue weighted by molar-refractivity contribution is 7.99. The van der Waals surface area contributed by atoms with Gasteiger partial charge in [0.2, 0.25) is 0 Å². The summed E-state index contributed by atoms with van der Waals surface area (Å²) >= 11 is 1.50. The Bertz CT molecular complexity index is 922. The zero-order valence-corrected chi connectivity index (χ0v) is 16.5. The average molecular weight is 390 g/mol. The maximum atomic E-state index is 12.8. The van der Waals surface area contributed by atoms with Crippen molar-refractivity contribution in [2.45, 2.75) is 29.2 Å². The molecular formula is C23H23N3OS. The first-order chi connectivity index (χ1) is 13.8. The SMILES string of the molecule is O=C(Nc1ccc(N2CCCCC2)cc1)c1cccnc1Sc1ccccc1. The van der Waals surface area contributed by atoms with E-state index >= 15 is 0 Å². The fraction of sp³-hybridized carbons (Fsp3) is 0.217. The first kappa shape index (κ1) is 18.6. The summed E-state index contributed by atoms with van der Waals surface area (Å²) in [6.07, 6.45) is 5.54. The quantitative estimate of drug-likeness (QED) is 0.628. The molecule has 4 rings (SSSR count). The van der Waals surface area contributed by atoms with Crippen LogP contribution in [0.3, 0.4) is 0 Å². The fourth-order valence-corrected chi connectivity index (χ4v) is 4.25. The lowest BCUT2D eigenvalue weighted by Crippen LogP contribution is -2.29. The van der Waals surface area contributed by atoms with E-state index in [1.54, 1.807) is 12.3 Å². The van der Waals surface area contributed by atoms with Gasteiger partial charge in [-0.15, -0.1) is 0 Å². The summed E-state index contributed by atoms with van der Waals surface area (Å²) in [5.74, 6) is -0.141. The van der Waals surface area contributed by atoms with Gasteiger partial charge in [0.1, 0.15) is 5.03 Å². The molecule has 28 heavy (non-hydrogen) atoms. The summed E-state index contributed by atoms with van der Waals surface area (Å²) in [6.45, 7) is 2.23. The van der Waals surface area contributed by atoms with Crippen molar-refractivity contribution in [1.82, 2.24) is 4.98 Å². The third-order valence-corrected chi connectivity index (χ3v) is 5.85. The number of hydrogen-bond donors (Lipinski definition) is 1. The highest BCUT2D eigenvalue weighted by atomic mass is 32.2. The second kappa shape index (κ2) is 8.93. The number of hydrogen-bond acceptors (Lipinski definition) is 4. The Morgan fingerprint density at radius 1 is 0.893 bits per heavy atom. The number of aromatic nitrogens is 1. The molecular weight excluding hydrogens is 366 g/mol. The van der Waals surface area contributed by atoms with Crippen LogP contribution in [0.2, 0.25) is 0 Å². The van der Waals surface area contributed by atoms with Crippen LogP contribution in [0.25, 0.3) is 0 Å². The molecule has 0 radical (unpaired) electrons. The topological polar surface area (TPSA) is 45.2 Å². The van der Waals surface area contributed by atoms with Gasteiger partial charge in [-0.25, -0.2) is 4.98 Å². The minimum absolute atomic E-state index is 0.141. The number of carbonyl (C=O) groups excluding carboxylic acids is 1. The maximum absolute atomic E-state index is 12.8. The van der Waals surface area contributed by atoms with Gasteiger partial charge in [0.15, 0.2) is 0 Å². The standard InChI is InChI=1S/C23H23N3OS/c27-22(21-10-7-15-24-23(21)28-20-8-3-1-4-9-20)25-18-11-13-19(14-12-18)26-16-5-2-6-17-26/h1,3-4,7-15H,2,5-6,16-17H2,(H,25,27). The number of benzene rings is 2. The van der Waals surface area contributed by atoms with Crippen molar-refractivity contribution in [2.75, 3.05) is 23.3 Å². The molecule has 1 N–H and O–H groups in total. The molecule has 0 saturated carbocycles. The van der Waals surface area contributed by atoms with E-state index in [1.165, 1.54) is 36.7 Å². The lowest BCUT2D eigenvalue weighted by atomic mass is 10.1. The molecule has 0 unspecified atom stereocenters. The Morgan fingerprint density at radius 2 is 1.64 bits per heavy atom. The zero-order chi connectivity index (χ0) is 19.2. The van der Waals surface area contributed by atoms with Gasteiger partial charge in [-0.05, 0) is 67.8 Å². The van der Waals surface area contributed by atoms with E-state index < -0.39 is 0 Å². The molecule has 1 aliphatic rings. The molecule has 1 saturated heterocycles. The molecule has 5 heteroatoms. The molecule has 0 aliphatic carbocycles. The van der Waals surface area contributed by atoms with E-state index in [2.05, 4.69) is 27.3 Å². The minimum Gasteiger partial charge on any atom is -0.372 e. The lowest BCUT2D eigenvalue weighted by molar-refractivity contribution is 0.102. The predicted octanol–water partition coefficient (Wildman–Crippen LogP) is 5.48. The van der Waals surface area contributed by atoms with Crippen LogP contribution in [-0.2, 0) is 0 Å². The van der Waals surface area contributed by atoms with Crippen LogP contribution in [0, 0.1) is 0 Å². The van der Waals surface area contributed by atoms with Crippen LogP contribution in [0.5, 0.6) is 0 Å². The first-order valence-electron chi connectivity index (χ1n) is 9.64. The molecule has 1 amide bonds. The van der Waals surface area contributed by atoms with Gasteiger partial charge in [-0.1, -0.05) is 30.0 Å². The van der Waals surface area contributed by atoms with Gasteiger partial charge in [0, 0.05) is 35.6 Å². The molecule has 0 atom stereocenters. The van der Waals surface area contributed by atoms with E-state index in [1.807, 2.05) is 48.5 Å². The Labute approximate surface area is 170 Å². The molecule has 2 heterocycles. The van der Waals surface area contributed by atoms with Crippen molar-refractivity contribution in [1.29, 1.82) is 0 Å². The van der Waals surface area contributed by atoms with Gasteiger partial charge in [-0.2, -0.15) is 0 Å². The van der Waals surface area contributed by atoms with Crippen LogP contribution < -0.4 is 10.2 Å². The Kier molecular flexibility index (Phi) is 5.92. The summed E-state index contributed by atoms with van der Waals surface area (Å²) in [5, 5.41) is 3.71. The summed E-state index contributed by atoms with van der Waals surface area (Å²) in [6, 6.07) is 21.7. The number of nitrogens with zero attached hydrogens (tertiary/aromatic N) is 2. The van der Waals surface area contributed by atoms with Crippen LogP contribution >= 0.6 is 11.8 Å². The smallest absolute Gasteiger partial charge is 0.258 e. The highest BCUT2D eigenvalue weighted by Crippen LogP contribution is 2.29. The molecule has 1 fully saturated rings. The normalized spacial score (nSPS) is 13.9. The molecule has 1 aromatic heterocycles. The van der Waals surface area contributed by atoms with Gasteiger partial charge in [-0.3, -0.25) is 4.79 Å². The van der Waals surface area contributed by atoms with E-state index in [-0.39, 0.29) is 5.91 Å². The number of rotatable bonds is 5. The van der Waals surface area contributed by atoms with E-state index in [0.29, 0.717) is 10.6 Å². The molecule has 1 aliphatic heterocycles. The number of piperidine rings is 1. The molecule has 142 valence electrons. The zero-order valence-electron chi connectivity index (χ0n) is 15.7. The minimum atomic E-state index is -0.141. The molecule has 3 aromatic rings. The monoisotopic (exact) mass is 389 g/mol. The van der Waals surface area contributed by atoms with Gasteiger partial charge in [0.05, 0.1) is 5.56 Å². The second-order valence-corrected chi connectivity index (χ2v) is 7.88. The average Bonchev–Trinajstić information content (AvgIpc) is 2.76. The highest BCUT2D eigenvalue weighted by Gasteiger charge is 2.15. The number of pyridine rings is 1. The van der Waals surface area contributed by atoms with Crippen LogP contribution in [0.4, 0.5) is 11.4 Å². The number of carbonyl (C=O) groups is 1. The molecule has 4 nitrogen and oxygen atoms in total. The van der Waals surface area contributed by atoms with Crippen LogP contribution in [0.1, 0.15) is 29.6 Å². The third kappa shape index (κ3) is 4.54. The maximum Gasteiger partial charge on any atom is 0.258 e. The van der Waals surface area contributed by atoms with E-state index in [9.17, 15) is 4.79 Å². The Balaban J connectivity index is 1.46. The predicted molar refractivity (Wildman–Crippen MR) is 115 cm³/mol. The molecule has 0 bridgehead atoms. The summed E-state index contributed by atoms with van der Waals surface area (Å²) in [4.78, 5) is 20.7. The van der Waals surface area contributed by atoms with Crippen LogP contribution in [-0.4, -0.2) is 24.0 Å². The Morgan fingerprint density at radius 3 is 2.39 bits per heavy atom. The van der Waals surface area contributed by atoms with Crippen molar-refractivity contribution < 1.29 is 4.79 Å². The summed E-state index contributed by atoms with van der Waals surface area (Å²) in [5.41, 5.74) is 2.60. The van der Waals surface area contributed by atoms with Gasteiger partial charge < -0.3 is 10.2 Å². The number of nitrogens with one attached hydrogen (secondary N) is 1. The largest absolute Gasteiger partial charge is 0.372 e. The molecule has 2 aromatic carbocycles. The van der Waals surface area contributed by atoms with Crippen molar-refractivity contribution in [3.05, 3.63) is 78.5 Å². The number of amides is 1. The van der Waals surface area contributed by atoms with Crippen molar-refractivity contribution >= 4 is 29.0 Å². The third-order valence-electron chi connectivity index (χ3n) is 4.82. The van der Waals surface area contributed by atoms with E-state index in [4.69, 9.17) is 0 Å². The van der Waals surface area contributed by atoms with E-state index in [0.717, 1.165) is 23.7 Å². The van der Waals surface area contributed by atoms with Gasteiger partial charge >= 0.3 is 0 Å². The number of anilines is 2. The van der Waals surface area contributed by atoms with Gasteiger partial charge in [0.25, 0.3) is 5.91 Å². The molecule has 0 spiro atoms. The summed E-state index contributed by atoms with van der Waals surface area (Å²) in [7, 11) is 0. The fourth-order valence-electron chi connectivity index (χ4n) is 3.35.